The molecule has 2 rings (SSSR count). The van der Waals surface area contributed by atoms with Crippen LogP contribution >= 0.6 is 11.8 Å². The summed E-state index contributed by atoms with van der Waals surface area (Å²) in [5, 5.41) is 12.0. The van der Waals surface area contributed by atoms with Crippen LogP contribution in [0.3, 0.4) is 0 Å². The van der Waals surface area contributed by atoms with Crippen LogP contribution in [-0.4, -0.2) is 41.4 Å². The van der Waals surface area contributed by atoms with Gasteiger partial charge in [0.15, 0.2) is 0 Å². The molecular formula is C14H18N2O3S. The number of rotatable bonds is 3. The molecule has 108 valence electrons. The van der Waals surface area contributed by atoms with Gasteiger partial charge in [-0.2, -0.15) is 0 Å². The van der Waals surface area contributed by atoms with Crippen molar-refractivity contribution < 1.29 is 14.7 Å². The smallest absolute Gasteiger partial charge is 0.321 e. The Balaban J connectivity index is 2.04. The largest absolute Gasteiger partial charge is 0.481 e. The molecule has 2 amide bonds. The van der Waals surface area contributed by atoms with Gasteiger partial charge in [-0.15, -0.1) is 11.8 Å². The number of anilines is 1. The van der Waals surface area contributed by atoms with E-state index in [0.717, 1.165) is 10.6 Å². The third-order valence-corrected chi connectivity index (χ3v) is 4.36. The summed E-state index contributed by atoms with van der Waals surface area (Å²) in [4.78, 5) is 25.8. The number of carbonyl (C=O) groups excluding carboxylic acids is 1. The maximum absolute atomic E-state index is 12.2. The highest BCUT2D eigenvalue weighted by molar-refractivity contribution is 7.98. The van der Waals surface area contributed by atoms with Crippen molar-refractivity contribution in [3.8, 4) is 0 Å². The monoisotopic (exact) mass is 294 g/mol. The van der Waals surface area contributed by atoms with Gasteiger partial charge in [0, 0.05) is 18.0 Å². The lowest BCUT2D eigenvalue weighted by molar-refractivity contribution is -0.142. The molecule has 2 atom stereocenters. The number of thioether (sulfide) groups is 1. The third kappa shape index (κ3) is 3.07. The van der Waals surface area contributed by atoms with E-state index in [1.54, 1.807) is 16.7 Å². The standard InChI is InChI=1S/C14H18N2O3S/c1-9-7-16(8-10(9)13(17)18)14(19)15-11-5-3-4-6-12(11)20-2/h3-6,9-10H,7-8H2,1-2H3,(H,15,19)(H,17,18). The minimum atomic E-state index is -0.836. The Morgan fingerprint density at radius 2 is 2.05 bits per heavy atom. The van der Waals surface area contributed by atoms with Gasteiger partial charge in [-0.3, -0.25) is 4.79 Å². The molecule has 1 aromatic carbocycles. The van der Waals surface area contributed by atoms with Crippen molar-refractivity contribution in [3.05, 3.63) is 24.3 Å². The highest BCUT2D eigenvalue weighted by atomic mass is 32.2. The molecule has 0 radical (unpaired) electrons. The molecule has 0 spiro atoms. The number of urea groups is 1. The van der Waals surface area contributed by atoms with Gasteiger partial charge in [-0.05, 0) is 24.3 Å². The van der Waals surface area contributed by atoms with Gasteiger partial charge < -0.3 is 15.3 Å². The van der Waals surface area contributed by atoms with Crippen molar-refractivity contribution in [1.29, 1.82) is 0 Å². The fourth-order valence-corrected chi connectivity index (χ4v) is 2.95. The Kier molecular flexibility index (Phi) is 4.54. The second-order valence-corrected chi connectivity index (χ2v) is 5.81. The number of aliphatic carboxylic acids is 1. The Morgan fingerprint density at radius 3 is 2.65 bits per heavy atom. The van der Waals surface area contributed by atoms with Gasteiger partial charge in [0.25, 0.3) is 0 Å². The lowest BCUT2D eigenvalue weighted by atomic mass is 9.99. The van der Waals surface area contributed by atoms with Crippen molar-refractivity contribution in [3.63, 3.8) is 0 Å². The summed E-state index contributed by atoms with van der Waals surface area (Å²) in [6, 6.07) is 7.33. The minimum absolute atomic E-state index is 0.0194. The molecule has 2 unspecified atom stereocenters. The van der Waals surface area contributed by atoms with Gasteiger partial charge >= 0.3 is 12.0 Å². The Bertz CT molecular complexity index is 521. The number of carboxylic acids is 1. The molecule has 1 heterocycles. The van der Waals surface area contributed by atoms with Crippen LogP contribution < -0.4 is 5.32 Å². The number of para-hydroxylation sites is 1. The van der Waals surface area contributed by atoms with Gasteiger partial charge in [0.1, 0.15) is 0 Å². The summed E-state index contributed by atoms with van der Waals surface area (Å²) < 4.78 is 0. The van der Waals surface area contributed by atoms with E-state index >= 15 is 0 Å². The molecule has 1 fully saturated rings. The van der Waals surface area contributed by atoms with Crippen molar-refractivity contribution in [2.24, 2.45) is 11.8 Å². The number of hydrogen-bond donors (Lipinski definition) is 2. The number of carbonyl (C=O) groups is 2. The molecule has 2 N–H and O–H groups in total. The Hall–Kier alpha value is -1.69. The molecule has 0 aromatic heterocycles. The molecular weight excluding hydrogens is 276 g/mol. The molecule has 5 nitrogen and oxygen atoms in total. The lowest BCUT2D eigenvalue weighted by Gasteiger charge is -2.18. The Morgan fingerprint density at radius 1 is 1.35 bits per heavy atom. The number of likely N-dealkylation sites (tertiary alicyclic amines) is 1. The summed E-state index contributed by atoms with van der Waals surface area (Å²) >= 11 is 1.56. The van der Waals surface area contributed by atoms with E-state index < -0.39 is 11.9 Å². The van der Waals surface area contributed by atoms with E-state index in [-0.39, 0.29) is 18.5 Å². The number of benzene rings is 1. The Labute approximate surface area is 122 Å². The molecule has 1 aromatic rings. The summed E-state index contributed by atoms with van der Waals surface area (Å²) in [6.07, 6.45) is 1.95. The van der Waals surface area contributed by atoms with Gasteiger partial charge in [0.2, 0.25) is 0 Å². The van der Waals surface area contributed by atoms with E-state index in [2.05, 4.69) is 5.32 Å². The van der Waals surface area contributed by atoms with Crippen LogP contribution in [0.1, 0.15) is 6.92 Å². The average molecular weight is 294 g/mol. The zero-order valence-corrected chi connectivity index (χ0v) is 12.3. The third-order valence-electron chi connectivity index (χ3n) is 3.57. The van der Waals surface area contributed by atoms with Crippen LogP contribution in [0.5, 0.6) is 0 Å². The van der Waals surface area contributed by atoms with Crippen LogP contribution in [0.25, 0.3) is 0 Å². The quantitative estimate of drug-likeness (QED) is 0.841. The van der Waals surface area contributed by atoms with Crippen molar-refractivity contribution in [2.45, 2.75) is 11.8 Å². The number of hydrogen-bond acceptors (Lipinski definition) is 3. The highest BCUT2D eigenvalue weighted by Crippen LogP contribution is 2.27. The van der Waals surface area contributed by atoms with Crippen LogP contribution in [0.4, 0.5) is 10.5 Å². The van der Waals surface area contributed by atoms with Crippen LogP contribution in [0, 0.1) is 11.8 Å². The van der Waals surface area contributed by atoms with Crippen molar-refractivity contribution in [2.75, 3.05) is 24.7 Å². The SMILES string of the molecule is CSc1ccccc1NC(=O)N1CC(C)C(C(=O)O)C1. The predicted molar refractivity (Wildman–Crippen MR) is 79.1 cm³/mol. The first-order valence-corrected chi connectivity index (χ1v) is 7.67. The number of carboxylic acid groups (broad SMARTS) is 1. The number of amides is 2. The summed E-state index contributed by atoms with van der Waals surface area (Å²) in [5.41, 5.74) is 0.761. The zero-order valence-electron chi connectivity index (χ0n) is 11.5. The predicted octanol–water partition coefficient (Wildman–Crippen LogP) is 2.59. The maximum atomic E-state index is 12.2. The van der Waals surface area contributed by atoms with E-state index in [1.165, 1.54) is 0 Å². The summed E-state index contributed by atoms with van der Waals surface area (Å²) in [7, 11) is 0. The van der Waals surface area contributed by atoms with Crippen molar-refractivity contribution in [1.82, 2.24) is 4.90 Å². The normalized spacial score (nSPS) is 21.8. The van der Waals surface area contributed by atoms with E-state index in [0.29, 0.717) is 6.54 Å². The highest BCUT2D eigenvalue weighted by Gasteiger charge is 2.37. The molecule has 0 saturated carbocycles. The molecule has 1 saturated heterocycles. The van der Waals surface area contributed by atoms with E-state index in [9.17, 15) is 9.59 Å². The zero-order chi connectivity index (χ0) is 14.7. The van der Waals surface area contributed by atoms with Crippen LogP contribution in [0.15, 0.2) is 29.2 Å². The second-order valence-electron chi connectivity index (χ2n) is 4.96. The first kappa shape index (κ1) is 14.7. The summed E-state index contributed by atoms with van der Waals surface area (Å²) in [5.74, 6) is -1.33. The van der Waals surface area contributed by atoms with Crippen LogP contribution in [0.2, 0.25) is 0 Å². The average Bonchev–Trinajstić information content (AvgIpc) is 2.81. The van der Waals surface area contributed by atoms with Crippen molar-refractivity contribution >= 4 is 29.4 Å². The molecule has 1 aliphatic heterocycles. The molecule has 0 aliphatic carbocycles. The minimum Gasteiger partial charge on any atom is -0.481 e. The van der Waals surface area contributed by atoms with Gasteiger partial charge in [0.05, 0.1) is 11.6 Å². The number of nitrogens with one attached hydrogen (secondary N) is 1. The molecule has 1 aliphatic rings. The molecule has 6 heteroatoms. The topological polar surface area (TPSA) is 69.6 Å². The molecule has 20 heavy (non-hydrogen) atoms. The molecule has 0 bridgehead atoms. The second kappa shape index (κ2) is 6.17. The number of nitrogens with zero attached hydrogens (tertiary/aromatic N) is 1. The fourth-order valence-electron chi connectivity index (χ4n) is 2.40. The first-order chi connectivity index (χ1) is 9.52. The maximum Gasteiger partial charge on any atom is 0.321 e. The first-order valence-electron chi connectivity index (χ1n) is 6.44. The van der Waals surface area contributed by atoms with Crippen LogP contribution in [-0.2, 0) is 4.79 Å². The van der Waals surface area contributed by atoms with Gasteiger partial charge in [-0.25, -0.2) is 4.79 Å². The van der Waals surface area contributed by atoms with E-state index in [1.807, 2.05) is 37.4 Å². The summed E-state index contributed by atoms with van der Waals surface area (Å²) in [6.45, 7) is 2.61. The lowest BCUT2D eigenvalue weighted by Crippen LogP contribution is -2.34. The van der Waals surface area contributed by atoms with Gasteiger partial charge in [-0.1, -0.05) is 19.1 Å². The fraction of sp³-hybridized carbons (Fsp3) is 0.429. The van der Waals surface area contributed by atoms with E-state index in [4.69, 9.17) is 5.11 Å².